The molecular weight excluding hydrogens is 274 g/mol. The molecule has 2 rings (SSSR count). The van der Waals surface area contributed by atoms with Crippen molar-refractivity contribution in [3.63, 3.8) is 0 Å². The maximum absolute atomic E-state index is 10.9. The molecule has 0 bridgehead atoms. The van der Waals surface area contributed by atoms with Crippen molar-refractivity contribution in [3.8, 4) is 0 Å². The number of hydrogen-bond acceptors (Lipinski definition) is 4. The third-order valence-electron chi connectivity index (χ3n) is 2.91. The number of pyridine rings is 1. The largest absolute Gasteiger partial charge is 0.359 e. The summed E-state index contributed by atoms with van der Waals surface area (Å²) in [6.45, 7) is 2.06. The van der Waals surface area contributed by atoms with E-state index >= 15 is 0 Å². The van der Waals surface area contributed by atoms with Crippen molar-refractivity contribution >= 4 is 27.4 Å². The van der Waals surface area contributed by atoms with E-state index in [4.69, 9.17) is 0 Å². The summed E-state index contributed by atoms with van der Waals surface area (Å²) in [6, 6.07) is 1.47. The van der Waals surface area contributed by atoms with Gasteiger partial charge in [0.2, 0.25) is 5.82 Å². The molecule has 0 saturated heterocycles. The Kier molecular flexibility index (Phi) is 2.84. The van der Waals surface area contributed by atoms with E-state index in [-0.39, 0.29) is 11.2 Å². The van der Waals surface area contributed by atoms with Gasteiger partial charge in [-0.25, -0.2) is 4.98 Å². The molecule has 1 fully saturated rings. The Morgan fingerprint density at radius 1 is 1.62 bits per heavy atom. The highest BCUT2D eigenvalue weighted by molar-refractivity contribution is 9.10. The van der Waals surface area contributed by atoms with Gasteiger partial charge in [-0.1, -0.05) is 0 Å². The molecule has 0 radical (unpaired) electrons. The summed E-state index contributed by atoms with van der Waals surface area (Å²) in [5, 5.41) is 14.0. The van der Waals surface area contributed by atoms with E-state index in [0.29, 0.717) is 10.3 Å². The number of nitro groups is 1. The maximum atomic E-state index is 10.9. The zero-order chi connectivity index (χ0) is 11.8. The zero-order valence-corrected chi connectivity index (χ0v) is 10.5. The first-order chi connectivity index (χ1) is 7.50. The van der Waals surface area contributed by atoms with Gasteiger partial charge in [-0.05, 0) is 42.1 Å². The van der Waals surface area contributed by atoms with Gasteiger partial charge in [-0.3, -0.25) is 10.1 Å². The lowest BCUT2D eigenvalue weighted by molar-refractivity contribution is -0.384. The number of nitrogens with one attached hydrogen (secondary N) is 1. The van der Waals surface area contributed by atoms with Crippen LogP contribution in [0.5, 0.6) is 0 Å². The Bertz CT molecular complexity index is 432. The standard InChI is InChI=1S/C10H12BrN3O2/c1-10(3-2-4-10)13-9-8(14(15)16)5-7(11)6-12-9/h5-6H,2-4H2,1H3,(H,12,13). The van der Waals surface area contributed by atoms with Gasteiger partial charge >= 0.3 is 5.69 Å². The molecule has 0 aromatic carbocycles. The number of halogens is 1. The van der Waals surface area contributed by atoms with Crippen LogP contribution in [0, 0.1) is 10.1 Å². The lowest BCUT2D eigenvalue weighted by Gasteiger charge is -2.39. The first-order valence-corrected chi connectivity index (χ1v) is 5.88. The highest BCUT2D eigenvalue weighted by Crippen LogP contribution is 2.36. The van der Waals surface area contributed by atoms with E-state index in [1.807, 2.05) is 0 Å². The molecule has 0 aliphatic heterocycles. The van der Waals surface area contributed by atoms with Crippen LogP contribution in [0.25, 0.3) is 0 Å². The van der Waals surface area contributed by atoms with Crippen molar-refractivity contribution in [1.82, 2.24) is 4.98 Å². The normalized spacial score (nSPS) is 17.6. The minimum atomic E-state index is -0.415. The quantitative estimate of drug-likeness (QED) is 0.684. The molecule has 1 aromatic heterocycles. The first-order valence-electron chi connectivity index (χ1n) is 5.08. The maximum Gasteiger partial charge on any atom is 0.312 e. The highest BCUT2D eigenvalue weighted by atomic mass is 79.9. The Hall–Kier alpha value is -1.17. The van der Waals surface area contributed by atoms with Crippen LogP contribution in [0.3, 0.4) is 0 Å². The second-order valence-electron chi connectivity index (χ2n) is 4.32. The summed E-state index contributed by atoms with van der Waals surface area (Å²) in [5.74, 6) is 0.357. The van der Waals surface area contributed by atoms with Gasteiger partial charge in [0, 0.05) is 22.3 Å². The summed E-state index contributed by atoms with van der Waals surface area (Å²) in [7, 11) is 0. The molecule has 0 unspecified atom stereocenters. The fourth-order valence-electron chi connectivity index (χ4n) is 1.78. The minimum Gasteiger partial charge on any atom is -0.359 e. The topological polar surface area (TPSA) is 68.1 Å². The molecule has 1 aliphatic rings. The van der Waals surface area contributed by atoms with E-state index in [0.717, 1.165) is 19.3 Å². The Morgan fingerprint density at radius 2 is 2.31 bits per heavy atom. The summed E-state index contributed by atoms with van der Waals surface area (Å²) >= 11 is 3.18. The first kappa shape index (κ1) is 11.3. The Balaban J connectivity index is 2.29. The van der Waals surface area contributed by atoms with Crippen LogP contribution >= 0.6 is 15.9 Å². The van der Waals surface area contributed by atoms with Gasteiger partial charge in [0.1, 0.15) is 0 Å². The van der Waals surface area contributed by atoms with Gasteiger partial charge in [-0.2, -0.15) is 0 Å². The number of rotatable bonds is 3. The highest BCUT2D eigenvalue weighted by Gasteiger charge is 2.33. The minimum absolute atomic E-state index is 0.0162. The Morgan fingerprint density at radius 3 is 2.81 bits per heavy atom. The lowest BCUT2D eigenvalue weighted by Crippen LogP contribution is -2.42. The van der Waals surface area contributed by atoms with Crippen molar-refractivity contribution in [3.05, 3.63) is 26.9 Å². The van der Waals surface area contributed by atoms with E-state index in [2.05, 4.69) is 33.2 Å². The number of hydrogen-bond donors (Lipinski definition) is 1. The fraction of sp³-hybridized carbons (Fsp3) is 0.500. The molecule has 1 aliphatic carbocycles. The molecule has 5 nitrogen and oxygen atoms in total. The summed E-state index contributed by atoms with van der Waals surface area (Å²) in [4.78, 5) is 14.5. The SMILES string of the molecule is CC1(Nc2ncc(Br)cc2[N+](=O)[O-])CCC1. The molecule has 0 spiro atoms. The van der Waals surface area contributed by atoms with Crippen molar-refractivity contribution in [2.75, 3.05) is 5.32 Å². The lowest BCUT2D eigenvalue weighted by atomic mass is 9.78. The van der Waals surface area contributed by atoms with Crippen LogP contribution < -0.4 is 5.32 Å². The number of anilines is 1. The van der Waals surface area contributed by atoms with E-state index < -0.39 is 4.92 Å². The van der Waals surface area contributed by atoms with Crippen LogP contribution in [0.2, 0.25) is 0 Å². The summed E-state index contributed by atoms with van der Waals surface area (Å²) < 4.78 is 0.614. The van der Waals surface area contributed by atoms with Crippen molar-refractivity contribution in [2.45, 2.75) is 31.7 Å². The molecule has 86 valence electrons. The van der Waals surface area contributed by atoms with Gasteiger partial charge in [0.25, 0.3) is 0 Å². The van der Waals surface area contributed by atoms with Crippen LogP contribution in [0.4, 0.5) is 11.5 Å². The Labute approximate surface area is 102 Å². The number of nitrogens with zero attached hydrogens (tertiary/aromatic N) is 2. The van der Waals surface area contributed by atoms with E-state index in [9.17, 15) is 10.1 Å². The van der Waals surface area contributed by atoms with Gasteiger partial charge < -0.3 is 5.32 Å². The van der Waals surface area contributed by atoms with E-state index in [1.165, 1.54) is 6.07 Å². The molecule has 6 heteroatoms. The van der Waals surface area contributed by atoms with Crippen LogP contribution in [0.15, 0.2) is 16.7 Å². The van der Waals surface area contributed by atoms with Gasteiger partial charge in [0.05, 0.1) is 4.92 Å². The van der Waals surface area contributed by atoms with Crippen molar-refractivity contribution in [1.29, 1.82) is 0 Å². The predicted molar refractivity (Wildman–Crippen MR) is 64.5 cm³/mol. The smallest absolute Gasteiger partial charge is 0.312 e. The second-order valence-corrected chi connectivity index (χ2v) is 5.23. The summed E-state index contributed by atoms with van der Waals surface area (Å²) in [6.07, 6.45) is 4.79. The number of aromatic nitrogens is 1. The molecule has 0 atom stereocenters. The molecule has 1 heterocycles. The van der Waals surface area contributed by atoms with Crippen LogP contribution in [0.1, 0.15) is 26.2 Å². The van der Waals surface area contributed by atoms with E-state index in [1.54, 1.807) is 6.20 Å². The van der Waals surface area contributed by atoms with Crippen LogP contribution in [-0.2, 0) is 0 Å². The van der Waals surface area contributed by atoms with Crippen molar-refractivity contribution < 1.29 is 4.92 Å². The summed E-state index contributed by atoms with van der Waals surface area (Å²) in [5.41, 5.74) is -0.0199. The zero-order valence-electron chi connectivity index (χ0n) is 8.86. The second kappa shape index (κ2) is 4.01. The van der Waals surface area contributed by atoms with Gasteiger partial charge in [-0.15, -0.1) is 0 Å². The molecule has 16 heavy (non-hydrogen) atoms. The molecule has 0 amide bonds. The average Bonchev–Trinajstić information content (AvgIpc) is 2.18. The molecule has 1 N–H and O–H groups in total. The van der Waals surface area contributed by atoms with Gasteiger partial charge in [0.15, 0.2) is 0 Å². The molecule has 1 aromatic rings. The third kappa shape index (κ3) is 2.16. The molecule has 1 saturated carbocycles. The fourth-order valence-corrected chi connectivity index (χ4v) is 2.10. The predicted octanol–water partition coefficient (Wildman–Crippen LogP) is 3.11. The monoisotopic (exact) mass is 285 g/mol. The average molecular weight is 286 g/mol. The molecular formula is C10H12BrN3O2. The van der Waals surface area contributed by atoms with Crippen molar-refractivity contribution in [2.24, 2.45) is 0 Å². The van der Waals surface area contributed by atoms with Crippen LogP contribution in [-0.4, -0.2) is 15.4 Å². The third-order valence-corrected chi connectivity index (χ3v) is 3.34.